The van der Waals surface area contributed by atoms with Crippen molar-refractivity contribution in [2.24, 2.45) is 0 Å². The van der Waals surface area contributed by atoms with Crippen molar-refractivity contribution in [2.45, 2.75) is 19.2 Å². The van der Waals surface area contributed by atoms with E-state index >= 15 is 0 Å². The number of hydrogen-bond acceptors (Lipinski definition) is 3. The van der Waals surface area contributed by atoms with Gasteiger partial charge in [-0.05, 0) is 19.4 Å². The number of benzene rings is 1. The lowest BCUT2D eigenvalue weighted by atomic mass is 10.1. The van der Waals surface area contributed by atoms with Crippen molar-refractivity contribution >= 4 is 11.6 Å². The molecule has 0 bridgehead atoms. The monoisotopic (exact) mass is 222 g/mol. The Morgan fingerprint density at radius 3 is 2.67 bits per heavy atom. The quantitative estimate of drug-likeness (QED) is 0.732. The van der Waals surface area contributed by atoms with Crippen LogP contribution in [0.3, 0.4) is 0 Å². The first kappa shape index (κ1) is 10.2. The van der Waals surface area contributed by atoms with Crippen LogP contribution in [0.25, 0.3) is 11.4 Å². The topological polar surface area (TPSA) is 38.9 Å². The minimum absolute atomic E-state index is 0.254. The fourth-order valence-corrected chi connectivity index (χ4v) is 1.42. The number of alkyl halides is 1. The zero-order valence-electron chi connectivity index (χ0n) is 8.57. The Bertz CT molecular complexity index is 465. The van der Waals surface area contributed by atoms with Crippen LogP contribution in [0.15, 0.2) is 28.8 Å². The second-order valence-electron chi connectivity index (χ2n) is 3.39. The Labute approximate surface area is 93.1 Å². The van der Waals surface area contributed by atoms with E-state index in [4.69, 9.17) is 16.1 Å². The molecule has 4 heteroatoms. The molecule has 1 aromatic carbocycles. The molecule has 0 aliphatic carbocycles. The summed E-state index contributed by atoms with van der Waals surface area (Å²) in [4.78, 5) is 4.23. The molecule has 0 amide bonds. The summed E-state index contributed by atoms with van der Waals surface area (Å²) in [5, 5.41) is 3.64. The zero-order chi connectivity index (χ0) is 10.8. The maximum Gasteiger partial charge on any atom is 0.244 e. The van der Waals surface area contributed by atoms with Gasteiger partial charge in [0, 0.05) is 5.56 Å². The van der Waals surface area contributed by atoms with Crippen LogP contribution in [-0.2, 0) is 0 Å². The molecule has 0 saturated heterocycles. The summed E-state index contributed by atoms with van der Waals surface area (Å²) in [6, 6.07) is 7.89. The molecule has 0 aliphatic rings. The largest absolute Gasteiger partial charge is 0.337 e. The minimum Gasteiger partial charge on any atom is -0.337 e. The van der Waals surface area contributed by atoms with Gasteiger partial charge >= 0.3 is 0 Å². The fraction of sp³-hybridized carbons (Fsp3) is 0.273. The number of nitrogens with zero attached hydrogens (tertiary/aromatic N) is 2. The van der Waals surface area contributed by atoms with E-state index in [1.165, 1.54) is 0 Å². The molecule has 0 spiro atoms. The SMILES string of the molecule is Cc1ccccc1-c1noc([C@@H](C)Cl)n1. The lowest BCUT2D eigenvalue weighted by molar-refractivity contribution is 0.379. The fourth-order valence-electron chi connectivity index (χ4n) is 1.33. The van der Waals surface area contributed by atoms with E-state index in [0.717, 1.165) is 11.1 Å². The lowest BCUT2D eigenvalue weighted by Crippen LogP contribution is -1.86. The van der Waals surface area contributed by atoms with E-state index < -0.39 is 0 Å². The number of rotatable bonds is 2. The summed E-state index contributed by atoms with van der Waals surface area (Å²) in [6.07, 6.45) is 0. The van der Waals surface area contributed by atoms with Crippen molar-refractivity contribution in [1.29, 1.82) is 0 Å². The van der Waals surface area contributed by atoms with Crippen molar-refractivity contribution in [3.63, 3.8) is 0 Å². The van der Waals surface area contributed by atoms with Gasteiger partial charge in [-0.3, -0.25) is 0 Å². The van der Waals surface area contributed by atoms with Crippen LogP contribution in [0.2, 0.25) is 0 Å². The third-order valence-corrected chi connectivity index (χ3v) is 2.35. The third kappa shape index (κ3) is 2.02. The Morgan fingerprint density at radius 2 is 2.07 bits per heavy atom. The predicted octanol–water partition coefficient (Wildman–Crippen LogP) is 3.34. The molecule has 3 nitrogen and oxygen atoms in total. The number of aromatic nitrogens is 2. The Kier molecular flexibility index (Phi) is 2.73. The molecule has 15 heavy (non-hydrogen) atoms. The maximum absolute atomic E-state index is 5.85. The van der Waals surface area contributed by atoms with E-state index in [1.807, 2.05) is 31.2 Å². The van der Waals surface area contributed by atoms with Crippen molar-refractivity contribution in [1.82, 2.24) is 10.1 Å². The summed E-state index contributed by atoms with van der Waals surface area (Å²) < 4.78 is 5.04. The van der Waals surface area contributed by atoms with Crippen LogP contribution in [0, 0.1) is 6.92 Å². The van der Waals surface area contributed by atoms with Crippen LogP contribution in [-0.4, -0.2) is 10.1 Å². The highest BCUT2D eigenvalue weighted by Crippen LogP contribution is 2.23. The highest BCUT2D eigenvalue weighted by atomic mass is 35.5. The van der Waals surface area contributed by atoms with Crippen molar-refractivity contribution in [2.75, 3.05) is 0 Å². The number of hydrogen-bond donors (Lipinski definition) is 0. The van der Waals surface area contributed by atoms with Gasteiger partial charge in [0.05, 0.1) is 0 Å². The standard InChI is InChI=1S/C11H11ClN2O/c1-7-5-3-4-6-9(7)10-13-11(8(2)12)15-14-10/h3-6,8H,1-2H3/t8-/m1/s1. The van der Waals surface area contributed by atoms with E-state index in [9.17, 15) is 0 Å². The van der Waals surface area contributed by atoms with Gasteiger partial charge < -0.3 is 4.52 Å². The molecule has 1 atom stereocenters. The van der Waals surface area contributed by atoms with Crippen molar-refractivity contribution < 1.29 is 4.52 Å². The van der Waals surface area contributed by atoms with Crippen molar-refractivity contribution in [3.8, 4) is 11.4 Å². The molecule has 0 fully saturated rings. The smallest absolute Gasteiger partial charge is 0.244 e. The Morgan fingerprint density at radius 1 is 1.33 bits per heavy atom. The normalized spacial score (nSPS) is 12.7. The van der Waals surface area contributed by atoms with E-state index in [-0.39, 0.29) is 5.38 Å². The molecule has 2 aromatic rings. The number of aryl methyl sites for hydroxylation is 1. The molecular formula is C11H11ClN2O. The van der Waals surface area contributed by atoms with Gasteiger partial charge in [-0.1, -0.05) is 29.4 Å². The van der Waals surface area contributed by atoms with Gasteiger partial charge in [-0.15, -0.1) is 11.6 Å². The van der Waals surface area contributed by atoms with Crippen LogP contribution >= 0.6 is 11.6 Å². The number of halogens is 1. The summed E-state index contributed by atoms with van der Waals surface area (Å²) in [5.41, 5.74) is 2.09. The second-order valence-corrected chi connectivity index (χ2v) is 4.04. The second kappa shape index (κ2) is 4.03. The first-order chi connectivity index (χ1) is 7.18. The molecule has 0 aliphatic heterocycles. The van der Waals surface area contributed by atoms with Crippen LogP contribution in [0.4, 0.5) is 0 Å². The molecule has 0 saturated carbocycles. The summed E-state index contributed by atoms with van der Waals surface area (Å²) in [7, 11) is 0. The molecule has 78 valence electrons. The molecule has 2 rings (SSSR count). The maximum atomic E-state index is 5.85. The van der Waals surface area contributed by atoms with Crippen LogP contribution in [0.1, 0.15) is 23.8 Å². The zero-order valence-corrected chi connectivity index (χ0v) is 9.32. The molecule has 0 N–H and O–H groups in total. The first-order valence-electron chi connectivity index (χ1n) is 4.72. The van der Waals surface area contributed by atoms with E-state index in [2.05, 4.69) is 10.1 Å². The predicted molar refractivity (Wildman–Crippen MR) is 58.7 cm³/mol. The molecular weight excluding hydrogens is 212 g/mol. The van der Waals surface area contributed by atoms with E-state index in [0.29, 0.717) is 11.7 Å². The summed E-state index contributed by atoms with van der Waals surface area (Å²) in [6.45, 7) is 3.81. The highest BCUT2D eigenvalue weighted by molar-refractivity contribution is 6.20. The average molecular weight is 223 g/mol. The Balaban J connectivity index is 2.42. The molecule has 0 radical (unpaired) electrons. The molecule has 1 heterocycles. The van der Waals surface area contributed by atoms with Crippen molar-refractivity contribution in [3.05, 3.63) is 35.7 Å². The molecule has 1 aromatic heterocycles. The van der Waals surface area contributed by atoms with E-state index in [1.54, 1.807) is 6.92 Å². The lowest BCUT2D eigenvalue weighted by Gasteiger charge is -1.98. The summed E-state index contributed by atoms with van der Waals surface area (Å²) >= 11 is 5.85. The molecule has 0 unspecified atom stereocenters. The van der Waals surface area contributed by atoms with Gasteiger partial charge in [-0.2, -0.15) is 4.98 Å². The Hall–Kier alpha value is -1.35. The van der Waals surface area contributed by atoms with Crippen LogP contribution < -0.4 is 0 Å². The van der Waals surface area contributed by atoms with Gasteiger partial charge in [0.2, 0.25) is 11.7 Å². The third-order valence-electron chi connectivity index (χ3n) is 2.17. The average Bonchev–Trinajstić information content (AvgIpc) is 2.67. The first-order valence-corrected chi connectivity index (χ1v) is 5.16. The summed E-state index contributed by atoms with van der Waals surface area (Å²) in [5.74, 6) is 1.05. The van der Waals surface area contributed by atoms with Gasteiger partial charge in [-0.25, -0.2) is 0 Å². The minimum atomic E-state index is -0.254. The van der Waals surface area contributed by atoms with Crippen LogP contribution in [0.5, 0.6) is 0 Å². The highest BCUT2D eigenvalue weighted by Gasteiger charge is 2.13. The van der Waals surface area contributed by atoms with Gasteiger partial charge in [0.1, 0.15) is 5.38 Å². The van der Waals surface area contributed by atoms with Gasteiger partial charge in [0.15, 0.2) is 0 Å². The van der Waals surface area contributed by atoms with Gasteiger partial charge in [0.25, 0.3) is 0 Å².